The number of aliphatic hydroxyl groups excluding tert-OH is 1. The minimum Gasteiger partial charge on any atom is -0.394 e. The van der Waals surface area contributed by atoms with E-state index >= 15 is 0 Å². The number of aromatic nitrogens is 1. The van der Waals surface area contributed by atoms with Crippen LogP contribution < -0.4 is 5.32 Å². The molecule has 3 rings (SSSR count). The summed E-state index contributed by atoms with van der Waals surface area (Å²) in [5, 5.41) is 16.8. The fourth-order valence-electron chi connectivity index (χ4n) is 2.47. The van der Waals surface area contributed by atoms with E-state index in [4.69, 9.17) is 16.1 Å². The number of carbonyl (C=O) groups is 1. The summed E-state index contributed by atoms with van der Waals surface area (Å²) in [6.45, 7) is 1.75. The fraction of sp³-hybridized carbons (Fsp3) is 0.375. The Kier molecular flexibility index (Phi) is 3.93. The molecule has 1 aliphatic rings. The van der Waals surface area contributed by atoms with Gasteiger partial charge in [0.2, 0.25) is 0 Å². The normalized spacial score (nSPS) is 17.0. The third kappa shape index (κ3) is 3.00. The predicted octanol–water partition coefficient (Wildman–Crippen LogP) is 2.89. The Bertz CT molecular complexity index is 696. The molecule has 1 amide bonds. The average Bonchev–Trinajstić information content (AvgIpc) is 3.25. The van der Waals surface area contributed by atoms with Gasteiger partial charge in [-0.1, -0.05) is 28.9 Å². The Hall–Kier alpha value is -1.85. The monoisotopic (exact) mass is 320 g/mol. The molecular weight excluding hydrogens is 304 g/mol. The average molecular weight is 321 g/mol. The number of carbonyl (C=O) groups excluding carboxylic acids is 1. The van der Waals surface area contributed by atoms with Gasteiger partial charge < -0.3 is 14.9 Å². The van der Waals surface area contributed by atoms with Crippen LogP contribution >= 0.6 is 11.6 Å². The molecule has 1 fully saturated rings. The van der Waals surface area contributed by atoms with Crippen LogP contribution in [0.4, 0.5) is 0 Å². The molecule has 0 aliphatic heterocycles. The highest BCUT2D eigenvalue weighted by Gasteiger charge is 2.42. The Labute approximate surface area is 133 Å². The minimum absolute atomic E-state index is 0.0948. The van der Waals surface area contributed by atoms with Gasteiger partial charge in [0.1, 0.15) is 0 Å². The van der Waals surface area contributed by atoms with Gasteiger partial charge in [-0.2, -0.15) is 0 Å². The van der Waals surface area contributed by atoms with Gasteiger partial charge in [0.25, 0.3) is 5.91 Å². The van der Waals surface area contributed by atoms with Crippen LogP contribution in [0, 0.1) is 5.92 Å². The fourth-order valence-corrected chi connectivity index (χ4v) is 2.66. The molecule has 0 spiro atoms. The third-order valence-corrected chi connectivity index (χ3v) is 4.29. The van der Waals surface area contributed by atoms with Gasteiger partial charge in [-0.05, 0) is 37.8 Å². The summed E-state index contributed by atoms with van der Waals surface area (Å²) in [6.07, 6.45) is 2.04. The Morgan fingerprint density at radius 1 is 1.50 bits per heavy atom. The van der Waals surface area contributed by atoms with Crippen LogP contribution in [0.15, 0.2) is 34.9 Å². The summed E-state index contributed by atoms with van der Waals surface area (Å²) in [5.74, 6) is 0.450. The second-order valence-electron chi connectivity index (χ2n) is 5.89. The summed E-state index contributed by atoms with van der Waals surface area (Å²) in [5.41, 5.74) is 0.341. The third-order valence-electron chi connectivity index (χ3n) is 4.06. The van der Waals surface area contributed by atoms with Crippen molar-refractivity contribution in [3.05, 3.63) is 41.0 Å². The first-order valence-corrected chi connectivity index (χ1v) is 7.56. The maximum atomic E-state index is 12.3. The van der Waals surface area contributed by atoms with E-state index in [1.807, 2.05) is 13.0 Å². The number of hydrogen-bond acceptors (Lipinski definition) is 4. The molecule has 1 unspecified atom stereocenters. The molecule has 1 heterocycles. The second-order valence-corrected chi connectivity index (χ2v) is 6.33. The van der Waals surface area contributed by atoms with Gasteiger partial charge in [-0.3, -0.25) is 4.79 Å². The highest BCUT2D eigenvalue weighted by Crippen LogP contribution is 2.39. The van der Waals surface area contributed by atoms with Gasteiger partial charge >= 0.3 is 0 Å². The van der Waals surface area contributed by atoms with E-state index in [9.17, 15) is 9.90 Å². The lowest BCUT2D eigenvalue weighted by Crippen LogP contribution is -2.50. The predicted molar refractivity (Wildman–Crippen MR) is 82.6 cm³/mol. The molecule has 6 heteroatoms. The first kappa shape index (κ1) is 15.1. The van der Waals surface area contributed by atoms with Crippen LogP contribution in [0.3, 0.4) is 0 Å². The lowest BCUT2D eigenvalue weighted by molar-refractivity contribution is 0.0815. The lowest BCUT2D eigenvalue weighted by atomic mass is 9.97. The number of benzene rings is 1. The molecule has 0 saturated heterocycles. The molecule has 1 aliphatic carbocycles. The first-order valence-electron chi connectivity index (χ1n) is 7.18. The van der Waals surface area contributed by atoms with E-state index in [0.717, 1.165) is 18.4 Å². The highest BCUT2D eigenvalue weighted by atomic mass is 35.5. The van der Waals surface area contributed by atoms with Crippen molar-refractivity contribution in [1.82, 2.24) is 10.5 Å². The van der Waals surface area contributed by atoms with Crippen molar-refractivity contribution in [2.45, 2.75) is 25.3 Å². The molecule has 1 aromatic carbocycles. The van der Waals surface area contributed by atoms with Crippen molar-refractivity contribution in [3.63, 3.8) is 0 Å². The van der Waals surface area contributed by atoms with Crippen molar-refractivity contribution in [1.29, 1.82) is 0 Å². The number of nitrogens with zero attached hydrogens (tertiary/aromatic N) is 1. The number of amides is 1. The van der Waals surface area contributed by atoms with Crippen molar-refractivity contribution >= 4 is 17.5 Å². The second kappa shape index (κ2) is 5.74. The zero-order valence-electron chi connectivity index (χ0n) is 12.2. The molecular formula is C16H17ClN2O3. The number of rotatable bonds is 5. The van der Waals surface area contributed by atoms with Crippen LogP contribution in [0.1, 0.15) is 30.3 Å². The van der Waals surface area contributed by atoms with Crippen LogP contribution in [-0.2, 0) is 0 Å². The highest BCUT2D eigenvalue weighted by molar-refractivity contribution is 6.30. The summed E-state index contributed by atoms with van der Waals surface area (Å²) >= 11 is 5.94. The lowest BCUT2D eigenvalue weighted by Gasteiger charge is -2.28. The summed E-state index contributed by atoms with van der Waals surface area (Å²) in [6, 6.07) is 8.71. The van der Waals surface area contributed by atoms with Gasteiger partial charge in [-0.15, -0.1) is 0 Å². The summed E-state index contributed by atoms with van der Waals surface area (Å²) in [4.78, 5) is 12.3. The van der Waals surface area contributed by atoms with Crippen molar-refractivity contribution < 1.29 is 14.4 Å². The zero-order valence-corrected chi connectivity index (χ0v) is 12.9. The van der Waals surface area contributed by atoms with Crippen LogP contribution in [-0.4, -0.2) is 28.3 Å². The molecule has 5 nitrogen and oxygen atoms in total. The zero-order chi connectivity index (χ0) is 15.7. The largest absolute Gasteiger partial charge is 0.394 e. The molecule has 1 aromatic heterocycles. The minimum atomic E-state index is -0.605. The van der Waals surface area contributed by atoms with Crippen molar-refractivity contribution in [2.75, 3.05) is 6.61 Å². The molecule has 1 atom stereocenters. The molecule has 116 valence electrons. The Morgan fingerprint density at radius 2 is 2.27 bits per heavy atom. The van der Waals surface area contributed by atoms with E-state index in [1.165, 1.54) is 0 Å². The van der Waals surface area contributed by atoms with Gasteiger partial charge in [0.05, 0.1) is 12.1 Å². The number of hydrogen-bond donors (Lipinski definition) is 2. The van der Waals surface area contributed by atoms with Gasteiger partial charge in [0.15, 0.2) is 11.5 Å². The quantitative estimate of drug-likeness (QED) is 0.888. The van der Waals surface area contributed by atoms with Crippen molar-refractivity contribution in [3.8, 4) is 11.3 Å². The van der Waals surface area contributed by atoms with Crippen LogP contribution in [0.2, 0.25) is 5.02 Å². The topological polar surface area (TPSA) is 75.4 Å². The van der Waals surface area contributed by atoms with Gasteiger partial charge in [-0.25, -0.2) is 0 Å². The van der Waals surface area contributed by atoms with E-state index in [0.29, 0.717) is 16.7 Å². The smallest absolute Gasteiger partial charge is 0.273 e. The SMILES string of the molecule is CC(CO)(NC(=O)c1cc(-c2cccc(Cl)c2)on1)C1CC1. The van der Waals surface area contributed by atoms with Crippen molar-refractivity contribution in [2.24, 2.45) is 5.92 Å². The molecule has 1 saturated carbocycles. The summed E-state index contributed by atoms with van der Waals surface area (Å²) in [7, 11) is 0. The van der Waals surface area contributed by atoms with Crippen LogP contribution in [0.5, 0.6) is 0 Å². The number of aliphatic hydroxyl groups is 1. The molecule has 0 radical (unpaired) electrons. The molecule has 0 bridgehead atoms. The standard InChI is InChI=1S/C16H17ClN2O3/c1-16(9-20,11-5-6-11)18-15(21)13-8-14(22-19-13)10-3-2-4-12(17)7-10/h2-4,7-8,11,20H,5-6,9H2,1H3,(H,18,21). The molecule has 2 N–H and O–H groups in total. The van der Waals surface area contributed by atoms with Crippen LogP contribution in [0.25, 0.3) is 11.3 Å². The number of nitrogens with one attached hydrogen (secondary N) is 1. The first-order chi connectivity index (χ1) is 10.5. The number of halogens is 1. The molecule has 2 aromatic rings. The summed E-state index contributed by atoms with van der Waals surface area (Å²) < 4.78 is 5.22. The molecule has 22 heavy (non-hydrogen) atoms. The Balaban J connectivity index is 1.77. The Morgan fingerprint density at radius 3 is 2.91 bits per heavy atom. The van der Waals surface area contributed by atoms with E-state index in [1.54, 1.807) is 24.3 Å². The van der Waals surface area contributed by atoms with Gasteiger partial charge in [0, 0.05) is 16.7 Å². The van der Waals surface area contributed by atoms with E-state index < -0.39 is 5.54 Å². The van der Waals surface area contributed by atoms with E-state index in [-0.39, 0.29) is 18.2 Å². The maximum absolute atomic E-state index is 12.3. The van der Waals surface area contributed by atoms with E-state index in [2.05, 4.69) is 10.5 Å². The maximum Gasteiger partial charge on any atom is 0.273 e.